The molecule has 0 fully saturated rings. The number of rotatable bonds is 5. The Balaban J connectivity index is 0.00000400. The minimum atomic E-state index is -1.17. The average Bonchev–Trinajstić information content (AvgIpc) is 2.75. The van der Waals surface area contributed by atoms with Crippen LogP contribution in [0, 0.1) is 44.1 Å². The van der Waals surface area contributed by atoms with Crippen molar-refractivity contribution in [3.63, 3.8) is 0 Å². The summed E-state index contributed by atoms with van der Waals surface area (Å²) in [6.07, 6.45) is -0.139. The molecule has 0 spiro atoms. The summed E-state index contributed by atoms with van der Waals surface area (Å²) in [6, 6.07) is 3.00. The largest absolute Gasteiger partial charge is 0.608 e. The van der Waals surface area contributed by atoms with Gasteiger partial charge in [0.2, 0.25) is 0 Å². The van der Waals surface area contributed by atoms with Gasteiger partial charge in [-0.2, -0.15) is 0 Å². The summed E-state index contributed by atoms with van der Waals surface area (Å²) >= 11 is 0. The van der Waals surface area contributed by atoms with Crippen molar-refractivity contribution < 1.29 is 68.5 Å². The van der Waals surface area contributed by atoms with Gasteiger partial charge < -0.3 is 24.7 Å². The Morgan fingerprint density at radius 3 is 2.62 bits per heavy atom. The Kier molecular flexibility index (Phi) is 8.60. The molecule has 7 heteroatoms. The van der Waals surface area contributed by atoms with Crippen LogP contribution in [0.15, 0.2) is 24.2 Å². The van der Waals surface area contributed by atoms with E-state index in [9.17, 15) is 15.0 Å². The van der Waals surface area contributed by atoms with Crippen LogP contribution in [-0.4, -0.2) is 28.3 Å². The fraction of sp³-hybridized carbons (Fsp3) is 0.500. The summed E-state index contributed by atoms with van der Waals surface area (Å²) in [5.74, 6) is -1.14. The predicted octanol–water partition coefficient (Wildman–Crippen LogP) is 1.24. The molecular weight excluding hydrogens is 489 g/mol. The van der Waals surface area contributed by atoms with Crippen molar-refractivity contribution in [2.75, 3.05) is 6.61 Å². The molecule has 1 aromatic heterocycles. The number of H-pyrrole nitrogens is 1. The van der Waals surface area contributed by atoms with Crippen LogP contribution >= 0.6 is 0 Å². The molecule has 1 rings (SSSR count). The van der Waals surface area contributed by atoms with Crippen molar-refractivity contribution in [2.45, 2.75) is 39.4 Å². The first-order chi connectivity index (χ1) is 9.23. The van der Waals surface area contributed by atoms with E-state index in [4.69, 9.17) is 9.47 Å². The van der Waals surface area contributed by atoms with Crippen molar-refractivity contribution in [1.29, 1.82) is 0 Å². The first-order valence-electron chi connectivity index (χ1n) is 6.35. The number of aromatic nitrogens is 1. The molecule has 1 aromatic rings. The standard InChI is InChI=1S/C14H21NO5.Ac/c1-5-19-13(18)10-7-6-9(15-10)11(16)8-12(17)20-14(2,3)4;/h6-8,11,15-17H,5H2,1-4H3;/p-1. The molecule has 0 saturated heterocycles. The second-order valence-corrected chi connectivity index (χ2v) is 5.19. The number of carbonyl (C=O) groups is 1. The first-order valence-corrected chi connectivity index (χ1v) is 6.35. The molecule has 21 heavy (non-hydrogen) atoms. The van der Waals surface area contributed by atoms with Gasteiger partial charge in [0.15, 0.2) is 0 Å². The molecule has 115 valence electrons. The molecule has 1 unspecified atom stereocenters. The van der Waals surface area contributed by atoms with Crippen molar-refractivity contribution >= 4 is 5.97 Å². The Hall–Kier alpha value is -0.508. The van der Waals surface area contributed by atoms with Gasteiger partial charge in [0, 0.05) is 55.4 Å². The van der Waals surface area contributed by atoms with Gasteiger partial charge in [0.1, 0.15) is 11.8 Å². The molecule has 1 radical (unpaired) electrons. The molecule has 0 aliphatic heterocycles. The third-order valence-corrected chi connectivity index (χ3v) is 2.22. The zero-order valence-electron chi connectivity index (χ0n) is 12.7. The maximum absolute atomic E-state index is 11.5. The van der Waals surface area contributed by atoms with Gasteiger partial charge in [-0.1, -0.05) is 20.8 Å². The van der Waals surface area contributed by atoms with E-state index in [-0.39, 0.29) is 56.4 Å². The Morgan fingerprint density at radius 2 is 2.10 bits per heavy atom. The fourth-order valence-corrected chi connectivity index (χ4v) is 1.47. The topological polar surface area (TPSA) is 94.6 Å². The number of aliphatic hydroxyl groups excluding tert-OH is 1. The van der Waals surface area contributed by atoms with Crippen LogP contribution in [0.1, 0.15) is 50.0 Å². The normalized spacial score (nSPS) is 13.3. The van der Waals surface area contributed by atoms with E-state index >= 15 is 0 Å². The van der Waals surface area contributed by atoms with E-state index in [0.717, 1.165) is 6.08 Å². The number of carbonyl (C=O) groups excluding carboxylic acids is 1. The number of esters is 1. The molecule has 2 N–H and O–H groups in total. The third kappa shape index (κ3) is 7.35. The van der Waals surface area contributed by atoms with E-state index < -0.39 is 23.6 Å². The van der Waals surface area contributed by atoms with Gasteiger partial charge >= 0.3 is 5.97 Å². The van der Waals surface area contributed by atoms with Gasteiger partial charge in [0.25, 0.3) is 0 Å². The minimum absolute atomic E-state index is 0. The van der Waals surface area contributed by atoms with Crippen molar-refractivity contribution in [3.8, 4) is 0 Å². The maximum atomic E-state index is 11.5. The predicted molar refractivity (Wildman–Crippen MR) is 70.6 cm³/mol. The average molecular weight is 509 g/mol. The van der Waals surface area contributed by atoms with Crippen molar-refractivity contribution in [2.24, 2.45) is 0 Å². The second-order valence-electron chi connectivity index (χ2n) is 5.19. The molecule has 0 amide bonds. The van der Waals surface area contributed by atoms with Gasteiger partial charge in [-0.15, -0.1) is 0 Å². The van der Waals surface area contributed by atoms with Gasteiger partial charge in [-0.25, -0.2) is 4.79 Å². The number of ether oxygens (including phenoxy) is 2. The Bertz CT molecular complexity index is 490. The molecule has 1 atom stereocenters. The zero-order chi connectivity index (χ0) is 15.3. The van der Waals surface area contributed by atoms with Gasteiger partial charge in [-0.05, 0) is 25.1 Å². The summed E-state index contributed by atoms with van der Waals surface area (Å²) in [4.78, 5) is 14.2. The first kappa shape index (κ1) is 20.5. The quantitative estimate of drug-likeness (QED) is 0.461. The molecule has 6 nitrogen and oxygen atoms in total. The van der Waals surface area contributed by atoms with Crippen LogP contribution in [0.25, 0.3) is 0 Å². The van der Waals surface area contributed by atoms with Crippen LogP contribution in [-0.2, 0) is 9.47 Å². The number of aliphatic hydroxyl groups is 1. The SMILES string of the molecule is CCOC(=O)c1ccc(C(O)C=C([O-])OC(C)(C)C)[nH]1.[Ac]. The number of aromatic amines is 1. The summed E-state index contributed by atoms with van der Waals surface area (Å²) in [7, 11) is 0. The molecular formula is C14H20AcNO5-. The fourth-order valence-electron chi connectivity index (χ4n) is 1.47. The summed E-state index contributed by atoms with van der Waals surface area (Å²) in [5.41, 5.74) is -0.0866. The van der Waals surface area contributed by atoms with Crippen LogP contribution < -0.4 is 5.11 Å². The summed E-state index contributed by atoms with van der Waals surface area (Å²) in [5, 5.41) is 21.4. The number of nitrogens with one attached hydrogen (secondary N) is 1. The zero-order valence-corrected chi connectivity index (χ0v) is 17.4. The van der Waals surface area contributed by atoms with E-state index in [2.05, 4.69) is 4.98 Å². The van der Waals surface area contributed by atoms with Crippen LogP contribution in [0.3, 0.4) is 0 Å². The Morgan fingerprint density at radius 1 is 1.48 bits per heavy atom. The minimum Gasteiger partial charge on any atom is -0.608 e. The molecule has 0 aliphatic carbocycles. The number of hydrogen-bond donors (Lipinski definition) is 2. The van der Waals surface area contributed by atoms with Crippen molar-refractivity contribution in [3.05, 3.63) is 35.5 Å². The molecule has 0 aromatic carbocycles. The van der Waals surface area contributed by atoms with E-state index in [1.54, 1.807) is 27.7 Å². The third-order valence-electron chi connectivity index (χ3n) is 2.22. The van der Waals surface area contributed by atoms with Crippen LogP contribution in [0.4, 0.5) is 0 Å². The van der Waals surface area contributed by atoms with Gasteiger partial charge in [0.05, 0.1) is 12.6 Å². The van der Waals surface area contributed by atoms with Crippen LogP contribution in [0.5, 0.6) is 0 Å². The van der Waals surface area contributed by atoms with E-state index in [0.29, 0.717) is 5.69 Å². The second kappa shape index (κ2) is 8.82. The molecule has 0 saturated carbocycles. The molecule has 1 heterocycles. The van der Waals surface area contributed by atoms with Crippen molar-refractivity contribution in [1.82, 2.24) is 4.98 Å². The van der Waals surface area contributed by atoms with E-state index in [1.165, 1.54) is 12.1 Å². The van der Waals surface area contributed by atoms with E-state index in [1.807, 2.05) is 0 Å². The Labute approximate surface area is 160 Å². The number of hydrogen-bond acceptors (Lipinski definition) is 5. The smallest absolute Gasteiger partial charge is 0.354 e. The molecule has 0 bridgehead atoms. The molecule has 0 aliphatic rings. The maximum Gasteiger partial charge on any atom is 0.354 e. The summed E-state index contributed by atoms with van der Waals surface area (Å²) in [6.45, 7) is 7.17. The van der Waals surface area contributed by atoms with Crippen LogP contribution in [0.2, 0.25) is 0 Å². The van der Waals surface area contributed by atoms with Gasteiger partial charge in [-0.3, -0.25) is 0 Å². The summed E-state index contributed by atoms with van der Waals surface area (Å²) < 4.78 is 9.88. The monoisotopic (exact) mass is 509 g/mol.